The van der Waals surface area contributed by atoms with Crippen LogP contribution in [0.2, 0.25) is 0 Å². The molecule has 5 heteroatoms. The summed E-state index contributed by atoms with van der Waals surface area (Å²) in [5, 5.41) is 5.61. The summed E-state index contributed by atoms with van der Waals surface area (Å²) in [4.78, 5) is 23.7. The van der Waals surface area contributed by atoms with E-state index < -0.39 is 5.97 Å². The van der Waals surface area contributed by atoms with Gasteiger partial charge < -0.3 is 15.4 Å². The van der Waals surface area contributed by atoms with Crippen molar-refractivity contribution in [2.24, 2.45) is 0 Å². The van der Waals surface area contributed by atoms with Crippen molar-refractivity contribution >= 4 is 17.6 Å². The minimum atomic E-state index is -0.528. The lowest BCUT2D eigenvalue weighted by atomic mass is 10.2. The summed E-state index contributed by atoms with van der Waals surface area (Å²) in [7, 11) is 1.72. The number of esters is 1. The third kappa shape index (κ3) is 4.34. The number of carbonyl (C=O) groups is 2. The molecule has 1 amide bonds. The fourth-order valence-corrected chi connectivity index (χ4v) is 1.94. The van der Waals surface area contributed by atoms with Gasteiger partial charge in [-0.15, -0.1) is 0 Å². The molecule has 2 aromatic carbocycles. The lowest BCUT2D eigenvalue weighted by molar-refractivity contribution is -0.124. The molecule has 0 atom stereocenters. The molecule has 0 unspecified atom stereocenters. The Morgan fingerprint density at radius 1 is 1.00 bits per heavy atom. The standard InChI is InChI=1S/C17H18N2O3/c1-18-15-10-6-5-9-14(15)17(21)22-12-16(20)19-11-13-7-3-2-4-8-13/h2-10,18H,11-12H2,1H3,(H,19,20). The molecule has 0 aromatic heterocycles. The quantitative estimate of drug-likeness (QED) is 0.802. The van der Waals surface area contributed by atoms with E-state index in [-0.39, 0.29) is 12.5 Å². The van der Waals surface area contributed by atoms with Crippen LogP contribution in [0.15, 0.2) is 54.6 Å². The van der Waals surface area contributed by atoms with Gasteiger partial charge in [-0.1, -0.05) is 42.5 Å². The average Bonchev–Trinajstić information content (AvgIpc) is 2.58. The van der Waals surface area contributed by atoms with E-state index in [1.807, 2.05) is 36.4 Å². The van der Waals surface area contributed by atoms with Crippen LogP contribution in [0.1, 0.15) is 15.9 Å². The van der Waals surface area contributed by atoms with Gasteiger partial charge in [-0.2, -0.15) is 0 Å². The first kappa shape index (κ1) is 15.6. The molecular formula is C17H18N2O3. The average molecular weight is 298 g/mol. The highest BCUT2D eigenvalue weighted by atomic mass is 16.5. The summed E-state index contributed by atoms with van der Waals surface area (Å²) in [6.07, 6.45) is 0. The summed E-state index contributed by atoms with van der Waals surface area (Å²) in [5.74, 6) is -0.862. The van der Waals surface area contributed by atoms with Crippen LogP contribution in [0.5, 0.6) is 0 Å². The Labute approximate surface area is 129 Å². The van der Waals surface area contributed by atoms with Crippen molar-refractivity contribution in [2.75, 3.05) is 19.0 Å². The van der Waals surface area contributed by atoms with Crippen molar-refractivity contribution in [2.45, 2.75) is 6.54 Å². The molecule has 0 radical (unpaired) electrons. The topological polar surface area (TPSA) is 67.4 Å². The number of amides is 1. The van der Waals surface area contributed by atoms with Gasteiger partial charge in [0.2, 0.25) is 0 Å². The highest BCUT2D eigenvalue weighted by molar-refractivity contribution is 5.96. The maximum absolute atomic E-state index is 12.0. The van der Waals surface area contributed by atoms with Crippen LogP contribution >= 0.6 is 0 Å². The Kier molecular flexibility index (Phi) is 5.54. The Balaban J connectivity index is 1.82. The van der Waals surface area contributed by atoms with Crippen molar-refractivity contribution in [3.05, 3.63) is 65.7 Å². The number of ether oxygens (including phenoxy) is 1. The highest BCUT2D eigenvalue weighted by Crippen LogP contribution is 2.15. The van der Waals surface area contributed by atoms with Gasteiger partial charge in [0.1, 0.15) is 0 Å². The van der Waals surface area contributed by atoms with E-state index in [2.05, 4.69) is 10.6 Å². The number of anilines is 1. The lowest BCUT2D eigenvalue weighted by Gasteiger charge is -2.09. The molecule has 0 heterocycles. The number of para-hydroxylation sites is 1. The van der Waals surface area contributed by atoms with Gasteiger partial charge in [0.15, 0.2) is 6.61 Å². The number of hydrogen-bond donors (Lipinski definition) is 2. The van der Waals surface area contributed by atoms with Gasteiger partial charge in [0.05, 0.1) is 5.56 Å². The predicted octanol–water partition coefficient (Wildman–Crippen LogP) is 2.20. The summed E-state index contributed by atoms with van der Waals surface area (Å²) < 4.78 is 5.03. The van der Waals surface area contributed by atoms with Gasteiger partial charge in [0.25, 0.3) is 5.91 Å². The lowest BCUT2D eigenvalue weighted by Crippen LogP contribution is -2.28. The molecule has 114 valence electrons. The van der Waals surface area contributed by atoms with E-state index >= 15 is 0 Å². The maximum atomic E-state index is 12.0. The number of carbonyl (C=O) groups excluding carboxylic acids is 2. The fourth-order valence-electron chi connectivity index (χ4n) is 1.94. The van der Waals surface area contributed by atoms with Crippen LogP contribution in [0.3, 0.4) is 0 Å². The summed E-state index contributed by atoms with van der Waals surface area (Å²) in [5.41, 5.74) is 2.06. The predicted molar refractivity (Wildman–Crippen MR) is 84.6 cm³/mol. The molecule has 0 bridgehead atoms. The molecule has 0 aliphatic carbocycles. The molecule has 2 N–H and O–H groups in total. The maximum Gasteiger partial charge on any atom is 0.340 e. The van der Waals surface area contributed by atoms with Crippen molar-refractivity contribution in [3.63, 3.8) is 0 Å². The number of hydrogen-bond acceptors (Lipinski definition) is 4. The first-order valence-electron chi connectivity index (χ1n) is 6.95. The van der Waals surface area contributed by atoms with Crippen LogP contribution in [-0.4, -0.2) is 25.5 Å². The van der Waals surface area contributed by atoms with Crippen molar-refractivity contribution in [3.8, 4) is 0 Å². The Morgan fingerprint density at radius 3 is 2.41 bits per heavy atom. The van der Waals surface area contributed by atoms with Crippen LogP contribution in [0.25, 0.3) is 0 Å². The summed E-state index contributed by atoms with van der Waals surface area (Å²) in [6, 6.07) is 16.5. The van der Waals surface area contributed by atoms with Crippen LogP contribution in [0.4, 0.5) is 5.69 Å². The molecular weight excluding hydrogens is 280 g/mol. The highest BCUT2D eigenvalue weighted by Gasteiger charge is 2.13. The van der Waals surface area contributed by atoms with E-state index in [9.17, 15) is 9.59 Å². The minimum Gasteiger partial charge on any atom is -0.452 e. The van der Waals surface area contributed by atoms with Crippen molar-refractivity contribution in [1.29, 1.82) is 0 Å². The summed E-state index contributed by atoms with van der Waals surface area (Å²) >= 11 is 0. The largest absolute Gasteiger partial charge is 0.452 e. The minimum absolute atomic E-state index is 0.302. The Morgan fingerprint density at radius 2 is 1.68 bits per heavy atom. The first-order valence-corrected chi connectivity index (χ1v) is 6.95. The van der Waals surface area contributed by atoms with Crippen molar-refractivity contribution in [1.82, 2.24) is 5.32 Å². The normalized spacial score (nSPS) is 9.86. The second-order valence-corrected chi connectivity index (χ2v) is 4.63. The van der Waals surface area contributed by atoms with Crippen LogP contribution < -0.4 is 10.6 Å². The molecule has 0 saturated carbocycles. The number of benzene rings is 2. The third-order valence-electron chi connectivity index (χ3n) is 3.08. The van der Waals surface area contributed by atoms with E-state index in [1.165, 1.54) is 0 Å². The van der Waals surface area contributed by atoms with Crippen LogP contribution in [0, 0.1) is 0 Å². The molecule has 2 rings (SSSR count). The zero-order chi connectivity index (χ0) is 15.8. The van der Waals surface area contributed by atoms with Gasteiger partial charge in [-0.05, 0) is 17.7 Å². The molecule has 0 aliphatic rings. The Bertz CT molecular complexity index is 641. The van der Waals surface area contributed by atoms with E-state index in [1.54, 1.807) is 25.2 Å². The molecule has 0 spiro atoms. The second-order valence-electron chi connectivity index (χ2n) is 4.63. The SMILES string of the molecule is CNc1ccccc1C(=O)OCC(=O)NCc1ccccc1. The van der Waals surface area contributed by atoms with Gasteiger partial charge in [-0.25, -0.2) is 4.79 Å². The van der Waals surface area contributed by atoms with Crippen LogP contribution in [-0.2, 0) is 16.1 Å². The molecule has 0 aliphatic heterocycles. The zero-order valence-electron chi connectivity index (χ0n) is 12.3. The molecule has 5 nitrogen and oxygen atoms in total. The second kappa shape index (κ2) is 7.83. The smallest absolute Gasteiger partial charge is 0.340 e. The first-order chi connectivity index (χ1) is 10.7. The van der Waals surface area contributed by atoms with E-state index in [0.717, 1.165) is 5.56 Å². The van der Waals surface area contributed by atoms with E-state index in [0.29, 0.717) is 17.8 Å². The van der Waals surface area contributed by atoms with Crippen molar-refractivity contribution < 1.29 is 14.3 Å². The molecule has 0 saturated heterocycles. The van der Waals surface area contributed by atoms with Gasteiger partial charge in [0, 0.05) is 19.3 Å². The monoisotopic (exact) mass is 298 g/mol. The number of nitrogens with one attached hydrogen (secondary N) is 2. The number of rotatable bonds is 6. The third-order valence-corrected chi connectivity index (χ3v) is 3.08. The zero-order valence-corrected chi connectivity index (χ0v) is 12.3. The fraction of sp³-hybridized carbons (Fsp3) is 0.176. The molecule has 2 aromatic rings. The summed E-state index contributed by atoms with van der Waals surface area (Å²) in [6.45, 7) is 0.105. The Hall–Kier alpha value is -2.82. The molecule has 0 fully saturated rings. The van der Waals surface area contributed by atoms with Gasteiger partial charge >= 0.3 is 5.97 Å². The van der Waals surface area contributed by atoms with E-state index in [4.69, 9.17) is 4.74 Å². The van der Waals surface area contributed by atoms with Gasteiger partial charge in [-0.3, -0.25) is 4.79 Å². The molecule has 22 heavy (non-hydrogen) atoms.